The van der Waals surface area contributed by atoms with E-state index in [-0.39, 0.29) is 5.82 Å². The number of halogens is 1. The van der Waals surface area contributed by atoms with E-state index in [1.807, 2.05) is 16.1 Å². The molecule has 9 heteroatoms. The van der Waals surface area contributed by atoms with Crippen LogP contribution in [0.5, 0.6) is 0 Å². The molecule has 1 aromatic carbocycles. The topological polar surface area (TPSA) is 87.5 Å². The van der Waals surface area contributed by atoms with Crippen LogP contribution in [0, 0.1) is 19.7 Å². The van der Waals surface area contributed by atoms with Crippen molar-refractivity contribution in [2.45, 2.75) is 20.4 Å². The first-order valence-electron chi connectivity index (χ1n) is 7.69. The van der Waals surface area contributed by atoms with Gasteiger partial charge in [0.25, 0.3) is 5.89 Å². The predicted molar refractivity (Wildman–Crippen MR) is 84.4 cm³/mol. The van der Waals surface area contributed by atoms with Gasteiger partial charge in [-0.25, -0.2) is 9.37 Å². The monoisotopic (exact) mass is 337 g/mol. The first kappa shape index (κ1) is 14.0. The predicted octanol–water partition coefficient (Wildman–Crippen LogP) is 2.30. The summed E-state index contributed by atoms with van der Waals surface area (Å²) in [4.78, 5) is 8.72. The van der Waals surface area contributed by atoms with E-state index in [2.05, 4.69) is 25.3 Å². The molecule has 0 aliphatic carbocycles. The van der Waals surface area contributed by atoms with Crippen LogP contribution in [0.25, 0.3) is 28.7 Å². The average Bonchev–Trinajstić information content (AvgIpc) is 3.26. The van der Waals surface area contributed by atoms with Crippen molar-refractivity contribution in [3.05, 3.63) is 47.7 Å². The van der Waals surface area contributed by atoms with E-state index in [0.717, 1.165) is 17.2 Å². The molecule has 0 fully saturated rings. The molecule has 5 rings (SSSR count). The fraction of sp³-hybridized carbons (Fsp3) is 0.188. The zero-order chi connectivity index (χ0) is 17.1. The Morgan fingerprint density at radius 1 is 1.20 bits per heavy atom. The second kappa shape index (κ2) is 4.82. The van der Waals surface area contributed by atoms with E-state index in [4.69, 9.17) is 4.52 Å². The first-order valence-corrected chi connectivity index (χ1v) is 7.69. The van der Waals surface area contributed by atoms with Gasteiger partial charge in [0.2, 0.25) is 0 Å². The van der Waals surface area contributed by atoms with Crippen LogP contribution in [0.3, 0.4) is 0 Å². The summed E-state index contributed by atoms with van der Waals surface area (Å²) in [5, 5.41) is 12.2. The highest BCUT2D eigenvalue weighted by atomic mass is 19.1. The summed E-state index contributed by atoms with van der Waals surface area (Å²) in [5.41, 5.74) is 2.87. The Bertz CT molecular complexity index is 1120. The summed E-state index contributed by atoms with van der Waals surface area (Å²) >= 11 is 0. The highest BCUT2D eigenvalue weighted by Gasteiger charge is 2.27. The van der Waals surface area contributed by atoms with Crippen LogP contribution in [-0.2, 0) is 6.54 Å². The Hall–Kier alpha value is -3.36. The minimum Gasteiger partial charge on any atom is -0.332 e. The molecule has 25 heavy (non-hydrogen) atoms. The van der Waals surface area contributed by atoms with Crippen molar-refractivity contribution in [3.63, 3.8) is 0 Å². The summed E-state index contributed by atoms with van der Waals surface area (Å²) in [6, 6.07) is 4.58. The van der Waals surface area contributed by atoms with Gasteiger partial charge in [-0.05, 0) is 32.0 Å². The van der Waals surface area contributed by atoms with Gasteiger partial charge < -0.3 is 9.09 Å². The largest absolute Gasteiger partial charge is 0.332 e. The van der Waals surface area contributed by atoms with E-state index >= 15 is 0 Å². The maximum absolute atomic E-state index is 13.9. The number of aryl methyl sites for hydroxylation is 2. The van der Waals surface area contributed by atoms with Crippen molar-refractivity contribution in [1.82, 2.24) is 34.5 Å². The number of benzene rings is 1. The normalized spacial score (nSPS) is 12.4. The molecule has 0 atom stereocenters. The molecule has 0 radical (unpaired) electrons. The average molecular weight is 337 g/mol. The third-order valence-corrected chi connectivity index (χ3v) is 4.30. The molecule has 0 N–H and O–H groups in total. The summed E-state index contributed by atoms with van der Waals surface area (Å²) in [6.45, 7) is 4.07. The fourth-order valence-electron chi connectivity index (χ4n) is 3.12. The lowest BCUT2D eigenvalue weighted by atomic mass is 10.1. The van der Waals surface area contributed by atoms with Crippen LogP contribution in [0.15, 0.2) is 29.0 Å². The Morgan fingerprint density at radius 2 is 2.08 bits per heavy atom. The van der Waals surface area contributed by atoms with Crippen LogP contribution < -0.4 is 0 Å². The van der Waals surface area contributed by atoms with E-state index in [9.17, 15) is 4.39 Å². The van der Waals surface area contributed by atoms with Gasteiger partial charge in [-0.3, -0.25) is 4.57 Å². The molecule has 4 heterocycles. The Morgan fingerprint density at radius 3 is 2.88 bits per heavy atom. The van der Waals surface area contributed by atoms with E-state index in [1.54, 1.807) is 19.3 Å². The van der Waals surface area contributed by atoms with Gasteiger partial charge in [0, 0.05) is 5.56 Å². The standard InChI is InChI=1S/C16H12FN7O/c1-8-19-16(25-22-8)14-13-6-23-9(2)20-21-15(23)11-5-10(17)3-4-12(11)24(13)7-18-14/h3-5,7H,6H2,1-2H3. The second-order valence-electron chi connectivity index (χ2n) is 5.88. The Labute approximate surface area is 141 Å². The molecular formula is C16H12FN7O. The van der Waals surface area contributed by atoms with Crippen LogP contribution in [0.1, 0.15) is 17.3 Å². The number of nitrogens with zero attached hydrogens (tertiary/aromatic N) is 7. The minimum atomic E-state index is -0.331. The lowest BCUT2D eigenvalue weighted by Gasteiger charge is -2.08. The lowest BCUT2D eigenvalue weighted by molar-refractivity contribution is 0.424. The summed E-state index contributed by atoms with van der Waals surface area (Å²) in [5.74, 6) is 1.90. The zero-order valence-electron chi connectivity index (χ0n) is 13.4. The van der Waals surface area contributed by atoms with Crippen LogP contribution in [0.2, 0.25) is 0 Å². The van der Waals surface area contributed by atoms with Gasteiger partial charge in [0.1, 0.15) is 18.0 Å². The number of imidazole rings is 1. The zero-order valence-corrected chi connectivity index (χ0v) is 13.4. The van der Waals surface area contributed by atoms with Crippen LogP contribution in [-0.4, -0.2) is 34.5 Å². The highest BCUT2D eigenvalue weighted by molar-refractivity contribution is 5.71. The summed E-state index contributed by atoms with van der Waals surface area (Å²) in [6.07, 6.45) is 1.68. The van der Waals surface area contributed by atoms with Crippen LogP contribution >= 0.6 is 0 Å². The maximum Gasteiger partial charge on any atom is 0.278 e. The van der Waals surface area contributed by atoms with Gasteiger partial charge in [-0.2, -0.15) is 4.98 Å². The number of rotatable bonds is 1. The Kier molecular flexibility index (Phi) is 2.70. The van der Waals surface area contributed by atoms with Gasteiger partial charge >= 0.3 is 0 Å². The maximum atomic E-state index is 13.9. The highest BCUT2D eigenvalue weighted by Crippen LogP contribution is 2.34. The number of hydrogen-bond donors (Lipinski definition) is 0. The van der Waals surface area contributed by atoms with Crippen molar-refractivity contribution in [2.75, 3.05) is 0 Å². The van der Waals surface area contributed by atoms with Crippen molar-refractivity contribution in [1.29, 1.82) is 0 Å². The minimum absolute atomic E-state index is 0.331. The number of fused-ring (bicyclic) bond motifs is 5. The second-order valence-corrected chi connectivity index (χ2v) is 5.88. The van der Waals surface area contributed by atoms with E-state index < -0.39 is 0 Å². The SMILES string of the molecule is Cc1noc(-c2ncn3c2Cn2c(C)nnc2-c2cc(F)ccc2-3)n1. The lowest BCUT2D eigenvalue weighted by Crippen LogP contribution is -2.06. The quantitative estimate of drug-likeness (QED) is 0.466. The Balaban J connectivity index is 1.83. The summed E-state index contributed by atoms with van der Waals surface area (Å²) in [7, 11) is 0. The van der Waals surface area contributed by atoms with Crippen molar-refractivity contribution < 1.29 is 8.91 Å². The third-order valence-electron chi connectivity index (χ3n) is 4.30. The molecule has 124 valence electrons. The van der Waals surface area contributed by atoms with Crippen molar-refractivity contribution in [2.24, 2.45) is 0 Å². The van der Waals surface area contributed by atoms with Gasteiger partial charge in [0.15, 0.2) is 17.3 Å². The van der Waals surface area contributed by atoms with Gasteiger partial charge in [-0.1, -0.05) is 5.16 Å². The molecule has 4 aromatic rings. The van der Waals surface area contributed by atoms with Gasteiger partial charge in [0.05, 0.1) is 17.9 Å². The van der Waals surface area contributed by atoms with E-state index in [0.29, 0.717) is 35.3 Å². The third kappa shape index (κ3) is 1.95. The fourth-order valence-corrected chi connectivity index (χ4v) is 3.12. The van der Waals surface area contributed by atoms with E-state index in [1.165, 1.54) is 12.1 Å². The van der Waals surface area contributed by atoms with Crippen LogP contribution in [0.4, 0.5) is 4.39 Å². The molecular weight excluding hydrogens is 325 g/mol. The molecule has 3 aromatic heterocycles. The molecule has 0 bridgehead atoms. The molecule has 8 nitrogen and oxygen atoms in total. The first-order chi connectivity index (χ1) is 12.1. The summed E-state index contributed by atoms with van der Waals surface area (Å²) < 4.78 is 23.0. The molecule has 0 saturated heterocycles. The number of hydrogen-bond acceptors (Lipinski definition) is 6. The molecule has 1 aliphatic rings. The van der Waals surface area contributed by atoms with Gasteiger partial charge in [-0.15, -0.1) is 10.2 Å². The van der Waals surface area contributed by atoms with Crippen molar-refractivity contribution >= 4 is 0 Å². The number of aromatic nitrogens is 7. The molecule has 0 spiro atoms. The molecule has 0 saturated carbocycles. The van der Waals surface area contributed by atoms with Crippen molar-refractivity contribution in [3.8, 4) is 28.7 Å². The molecule has 0 unspecified atom stereocenters. The molecule has 0 amide bonds. The molecule has 1 aliphatic heterocycles. The smallest absolute Gasteiger partial charge is 0.278 e.